The van der Waals surface area contributed by atoms with Gasteiger partial charge < -0.3 is 15.4 Å². The van der Waals surface area contributed by atoms with Crippen LogP contribution in [0.1, 0.15) is 30.0 Å². The zero-order valence-corrected chi connectivity index (χ0v) is 15.4. The molecule has 2 aromatic rings. The Bertz CT molecular complexity index is 783. The molecule has 2 aromatic carbocycles. The molecule has 0 aliphatic carbocycles. The normalized spacial score (nSPS) is 18.5. The summed E-state index contributed by atoms with van der Waals surface area (Å²) < 4.78 is 4.59. The van der Waals surface area contributed by atoms with Gasteiger partial charge in [0.2, 0.25) is 0 Å². The molecule has 0 spiro atoms. The highest BCUT2D eigenvalue weighted by atomic mass is 16.5. The summed E-state index contributed by atoms with van der Waals surface area (Å²) in [4.78, 5) is 11.1. The van der Waals surface area contributed by atoms with Crippen LogP contribution in [0.4, 0.5) is 5.69 Å². The van der Waals surface area contributed by atoms with Crippen molar-refractivity contribution in [3.8, 4) is 0 Å². The molecule has 0 fully saturated rings. The molecule has 4 nitrogen and oxygen atoms in total. The predicted molar refractivity (Wildman–Crippen MR) is 106 cm³/mol. The van der Waals surface area contributed by atoms with Crippen molar-refractivity contribution in [3.63, 3.8) is 0 Å². The lowest BCUT2D eigenvalue weighted by atomic mass is 9.81. The van der Waals surface area contributed by atoms with Gasteiger partial charge in [0.25, 0.3) is 0 Å². The van der Waals surface area contributed by atoms with Crippen molar-refractivity contribution in [1.82, 2.24) is 5.32 Å². The lowest BCUT2D eigenvalue weighted by molar-refractivity contribution is -0.134. The summed E-state index contributed by atoms with van der Waals surface area (Å²) in [6.45, 7) is 5.13. The van der Waals surface area contributed by atoms with Crippen molar-refractivity contribution >= 4 is 17.7 Å². The molecule has 0 saturated carbocycles. The number of carbonyl (C=O) groups is 1. The Labute approximate surface area is 155 Å². The fourth-order valence-electron chi connectivity index (χ4n) is 3.35. The topological polar surface area (TPSA) is 50.4 Å². The van der Waals surface area contributed by atoms with Gasteiger partial charge in [-0.25, -0.2) is 4.79 Å². The molecule has 1 heterocycles. The van der Waals surface area contributed by atoms with Gasteiger partial charge in [0.15, 0.2) is 0 Å². The average molecular weight is 350 g/mol. The van der Waals surface area contributed by atoms with Crippen LogP contribution >= 0.6 is 0 Å². The van der Waals surface area contributed by atoms with Crippen LogP contribution in [-0.2, 0) is 21.5 Å². The minimum absolute atomic E-state index is 0.187. The van der Waals surface area contributed by atoms with E-state index in [2.05, 4.69) is 58.7 Å². The Morgan fingerprint density at radius 1 is 1.23 bits per heavy atom. The van der Waals surface area contributed by atoms with Crippen LogP contribution in [-0.4, -0.2) is 26.2 Å². The molecule has 2 N–H and O–H groups in total. The number of ether oxygens (including phenoxy) is 1. The third kappa shape index (κ3) is 4.33. The van der Waals surface area contributed by atoms with Crippen LogP contribution < -0.4 is 10.6 Å². The van der Waals surface area contributed by atoms with E-state index in [1.165, 1.54) is 30.0 Å². The summed E-state index contributed by atoms with van der Waals surface area (Å²) in [5, 5.41) is 7.06. The summed E-state index contributed by atoms with van der Waals surface area (Å²) in [5.74, 6) is -0.341. The van der Waals surface area contributed by atoms with Gasteiger partial charge in [0.1, 0.15) is 0 Å². The van der Waals surface area contributed by atoms with Crippen molar-refractivity contribution < 1.29 is 9.53 Å². The van der Waals surface area contributed by atoms with Gasteiger partial charge in [-0.2, -0.15) is 0 Å². The fourth-order valence-corrected chi connectivity index (χ4v) is 3.35. The van der Waals surface area contributed by atoms with Crippen LogP contribution in [0.2, 0.25) is 0 Å². The number of nitrogens with one attached hydrogen (secondary N) is 2. The number of anilines is 1. The molecule has 1 aliphatic rings. The average Bonchev–Trinajstić information content (AvgIpc) is 3.02. The van der Waals surface area contributed by atoms with E-state index in [-0.39, 0.29) is 11.4 Å². The summed E-state index contributed by atoms with van der Waals surface area (Å²) in [6, 6.07) is 16.8. The SMILES string of the molecule is COC(=O)C=Cc1ccc(CNCCC2(C)CNc3ccccc32)cc1. The Balaban J connectivity index is 1.47. The Morgan fingerprint density at radius 3 is 2.77 bits per heavy atom. The smallest absolute Gasteiger partial charge is 0.330 e. The second-order valence-electron chi connectivity index (χ2n) is 6.98. The van der Waals surface area contributed by atoms with E-state index in [9.17, 15) is 4.79 Å². The van der Waals surface area contributed by atoms with E-state index in [0.29, 0.717) is 0 Å². The molecule has 1 atom stereocenters. The maximum atomic E-state index is 11.1. The van der Waals surface area contributed by atoms with E-state index in [1.54, 1.807) is 6.08 Å². The lowest BCUT2D eigenvalue weighted by Gasteiger charge is -2.24. The van der Waals surface area contributed by atoms with Crippen molar-refractivity contribution in [1.29, 1.82) is 0 Å². The summed E-state index contributed by atoms with van der Waals surface area (Å²) in [6.07, 6.45) is 4.28. The van der Waals surface area contributed by atoms with Crippen LogP contribution in [0.25, 0.3) is 6.08 Å². The number of methoxy groups -OCH3 is 1. The monoisotopic (exact) mass is 350 g/mol. The second kappa shape index (κ2) is 8.19. The summed E-state index contributed by atoms with van der Waals surface area (Å²) >= 11 is 0. The van der Waals surface area contributed by atoms with Crippen molar-refractivity contribution in [3.05, 3.63) is 71.3 Å². The maximum absolute atomic E-state index is 11.1. The quantitative estimate of drug-likeness (QED) is 0.454. The molecule has 0 amide bonds. The molecule has 136 valence electrons. The molecule has 0 radical (unpaired) electrons. The minimum Gasteiger partial charge on any atom is -0.466 e. The van der Waals surface area contributed by atoms with E-state index in [1.807, 2.05) is 12.1 Å². The Morgan fingerprint density at radius 2 is 2.00 bits per heavy atom. The zero-order valence-electron chi connectivity index (χ0n) is 15.4. The van der Waals surface area contributed by atoms with Gasteiger partial charge in [-0.15, -0.1) is 0 Å². The highest BCUT2D eigenvalue weighted by Crippen LogP contribution is 2.38. The third-order valence-corrected chi connectivity index (χ3v) is 5.02. The predicted octanol–water partition coefficient (Wildman–Crippen LogP) is 3.74. The van der Waals surface area contributed by atoms with Gasteiger partial charge in [-0.1, -0.05) is 49.4 Å². The van der Waals surface area contributed by atoms with E-state index in [4.69, 9.17) is 0 Å². The van der Waals surface area contributed by atoms with E-state index < -0.39 is 0 Å². The molecule has 0 aromatic heterocycles. The first-order valence-corrected chi connectivity index (χ1v) is 9.00. The molecule has 0 saturated heterocycles. The summed E-state index contributed by atoms with van der Waals surface area (Å²) in [7, 11) is 1.38. The Hall–Kier alpha value is -2.59. The van der Waals surface area contributed by atoms with Gasteiger partial charge in [0, 0.05) is 30.3 Å². The lowest BCUT2D eigenvalue weighted by Crippen LogP contribution is -2.29. The molecule has 4 heteroatoms. The van der Waals surface area contributed by atoms with Crippen molar-refractivity contribution in [2.45, 2.75) is 25.3 Å². The fraction of sp³-hybridized carbons (Fsp3) is 0.318. The second-order valence-corrected chi connectivity index (χ2v) is 6.98. The number of esters is 1. The van der Waals surface area contributed by atoms with Crippen LogP contribution in [0, 0.1) is 0 Å². The number of hydrogen-bond donors (Lipinski definition) is 2. The number of carbonyl (C=O) groups excluding carboxylic acids is 1. The molecule has 1 unspecified atom stereocenters. The molecular formula is C22H26N2O2. The summed E-state index contributed by atoms with van der Waals surface area (Å²) in [5.41, 5.74) is 5.09. The molecular weight excluding hydrogens is 324 g/mol. The van der Waals surface area contributed by atoms with Crippen molar-refractivity contribution in [2.75, 3.05) is 25.5 Å². The van der Waals surface area contributed by atoms with Crippen LogP contribution in [0.15, 0.2) is 54.6 Å². The molecule has 1 aliphatic heterocycles. The number of para-hydroxylation sites is 1. The largest absolute Gasteiger partial charge is 0.466 e. The van der Waals surface area contributed by atoms with Crippen LogP contribution in [0.5, 0.6) is 0 Å². The van der Waals surface area contributed by atoms with Crippen molar-refractivity contribution in [2.24, 2.45) is 0 Å². The zero-order chi connectivity index (χ0) is 18.4. The first-order valence-electron chi connectivity index (χ1n) is 9.00. The highest BCUT2D eigenvalue weighted by molar-refractivity contribution is 5.86. The van der Waals surface area contributed by atoms with Gasteiger partial charge in [-0.3, -0.25) is 0 Å². The third-order valence-electron chi connectivity index (χ3n) is 5.02. The number of fused-ring (bicyclic) bond motifs is 1. The molecule has 26 heavy (non-hydrogen) atoms. The number of rotatable bonds is 7. The molecule has 3 rings (SSSR count). The number of hydrogen-bond acceptors (Lipinski definition) is 4. The maximum Gasteiger partial charge on any atom is 0.330 e. The van der Waals surface area contributed by atoms with Gasteiger partial charge >= 0.3 is 5.97 Å². The first-order chi connectivity index (χ1) is 12.6. The Kier molecular flexibility index (Phi) is 5.74. The minimum atomic E-state index is -0.341. The van der Waals surface area contributed by atoms with Gasteiger partial charge in [0.05, 0.1) is 7.11 Å². The number of benzene rings is 2. The van der Waals surface area contributed by atoms with Crippen LogP contribution in [0.3, 0.4) is 0 Å². The van der Waals surface area contributed by atoms with Gasteiger partial charge in [-0.05, 0) is 41.8 Å². The first kappa shape index (κ1) is 18.2. The molecule has 0 bridgehead atoms. The van der Waals surface area contributed by atoms with E-state index in [0.717, 1.165) is 31.6 Å². The standard InChI is InChI=1S/C22H26N2O2/c1-22(16-24-20-6-4-3-5-19(20)22)13-14-23-15-18-9-7-17(8-10-18)11-12-21(25)26-2/h3-12,23-24H,13-16H2,1-2H3. The highest BCUT2D eigenvalue weighted by Gasteiger charge is 2.33. The van der Waals surface area contributed by atoms with E-state index >= 15 is 0 Å².